The minimum absolute atomic E-state index is 0.0610. The Morgan fingerprint density at radius 1 is 0.943 bits per heavy atom. The summed E-state index contributed by atoms with van der Waals surface area (Å²) in [5, 5.41) is 0. The third-order valence-electron chi connectivity index (χ3n) is 6.25. The Hall–Kier alpha value is -3.10. The fraction of sp³-hybridized carbons (Fsp3) is 0.571. The first-order valence-electron chi connectivity index (χ1n) is 11.6. The molecule has 2 saturated heterocycles. The first-order chi connectivity index (χ1) is 16.7. The summed E-state index contributed by atoms with van der Waals surface area (Å²) < 4.78 is 33.1. The molecular weight excluding hydrogens is 472 g/mol. The molecule has 5 heterocycles. The number of nitrogen functional groups attached to an aromatic ring is 1. The molecule has 13 nitrogen and oxygen atoms in total. The van der Waals surface area contributed by atoms with Crippen LogP contribution >= 0.6 is 0 Å². The molecule has 0 atom stereocenters. The average Bonchev–Trinajstić information content (AvgIpc) is 3.24. The molecule has 0 amide bonds. The number of fused-ring (bicyclic) bond motifs is 1. The summed E-state index contributed by atoms with van der Waals surface area (Å²) in [5.41, 5.74) is 7.77. The van der Waals surface area contributed by atoms with E-state index < -0.39 is 10.0 Å². The summed E-state index contributed by atoms with van der Waals surface area (Å²) in [6.07, 6.45) is 4.49. The summed E-state index contributed by atoms with van der Waals surface area (Å²) in [5.74, 6) is 2.18. The van der Waals surface area contributed by atoms with Gasteiger partial charge in [-0.1, -0.05) is 0 Å². The fourth-order valence-corrected chi connectivity index (χ4v) is 5.27. The number of morpholine rings is 1. The predicted molar refractivity (Wildman–Crippen MR) is 133 cm³/mol. The van der Waals surface area contributed by atoms with Crippen LogP contribution in [0.5, 0.6) is 0 Å². The number of sulfonamides is 1. The molecule has 0 bridgehead atoms. The van der Waals surface area contributed by atoms with E-state index in [1.165, 1.54) is 10.6 Å². The maximum absolute atomic E-state index is 12.0. The Balaban J connectivity index is 1.64. The zero-order chi connectivity index (χ0) is 24.7. The lowest BCUT2D eigenvalue weighted by atomic mass is 10.3. The number of anilines is 3. The largest absolute Gasteiger partial charge is 0.378 e. The van der Waals surface area contributed by atoms with Gasteiger partial charge < -0.3 is 20.3 Å². The summed E-state index contributed by atoms with van der Waals surface area (Å²) in [4.78, 5) is 27.3. The van der Waals surface area contributed by atoms with E-state index in [4.69, 9.17) is 25.4 Å². The highest BCUT2D eigenvalue weighted by atomic mass is 32.2. The first kappa shape index (κ1) is 23.6. The van der Waals surface area contributed by atoms with E-state index in [0.717, 1.165) is 11.8 Å². The first-order valence-corrected chi connectivity index (χ1v) is 13.5. The van der Waals surface area contributed by atoms with E-state index in [1.54, 1.807) is 12.4 Å². The van der Waals surface area contributed by atoms with Crippen molar-refractivity contribution in [1.29, 1.82) is 0 Å². The molecule has 0 unspecified atom stereocenters. The number of rotatable bonds is 5. The van der Waals surface area contributed by atoms with E-state index in [-0.39, 0.29) is 12.0 Å². The van der Waals surface area contributed by atoms with Crippen LogP contribution in [-0.4, -0.2) is 101 Å². The minimum Gasteiger partial charge on any atom is -0.378 e. The molecule has 0 spiro atoms. The van der Waals surface area contributed by atoms with Gasteiger partial charge in [0.15, 0.2) is 22.8 Å². The van der Waals surface area contributed by atoms with Crippen LogP contribution in [0.4, 0.5) is 17.7 Å². The molecule has 3 aromatic heterocycles. The van der Waals surface area contributed by atoms with Gasteiger partial charge in [-0.05, 0) is 13.8 Å². The van der Waals surface area contributed by atoms with Crippen LogP contribution in [0.3, 0.4) is 0 Å². The van der Waals surface area contributed by atoms with Gasteiger partial charge in [0.1, 0.15) is 0 Å². The van der Waals surface area contributed by atoms with Crippen molar-refractivity contribution in [3.8, 4) is 11.4 Å². The van der Waals surface area contributed by atoms with E-state index in [2.05, 4.69) is 38.2 Å². The molecule has 2 aliphatic heterocycles. The van der Waals surface area contributed by atoms with Crippen LogP contribution in [0.15, 0.2) is 12.4 Å². The van der Waals surface area contributed by atoms with E-state index in [1.807, 2.05) is 0 Å². The van der Waals surface area contributed by atoms with Gasteiger partial charge in [-0.25, -0.2) is 33.3 Å². The standard InChI is InChI=1S/C21H30N10O3S/c1-14(2)31-19-16(25-21(31)29-4-6-30(7-5-29)35(3,32)33)18(28-8-10-34-11-9-28)26-17(27-19)15-12-23-20(22)24-13-15/h12-14H,4-11H2,1-3H3,(H2,22,23,24). The van der Waals surface area contributed by atoms with Gasteiger partial charge in [0, 0.05) is 57.7 Å². The van der Waals surface area contributed by atoms with Gasteiger partial charge >= 0.3 is 0 Å². The summed E-state index contributed by atoms with van der Waals surface area (Å²) in [7, 11) is -3.23. The molecule has 0 saturated carbocycles. The van der Waals surface area contributed by atoms with Crippen LogP contribution in [0.1, 0.15) is 19.9 Å². The van der Waals surface area contributed by atoms with Gasteiger partial charge in [0.25, 0.3) is 0 Å². The molecule has 14 heteroatoms. The molecule has 3 aromatic rings. The highest BCUT2D eigenvalue weighted by molar-refractivity contribution is 7.88. The van der Waals surface area contributed by atoms with Crippen molar-refractivity contribution in [2.45, 2.75) is 19.9 Å². The van der Waals surface area contributed by atoms with Crippen LogP contribution in [-0.2, 0) is 14.8 Å². The average molecular weight is 503 g/mol. The van der Waals surface area contributed by atoms with Crippen molar-refractivity contribution in [3.05, 3.63) is 12.4 Å². The SMILES string of the molecule is CC(C)n1c(N2CCN(S(C)(=O)=O)CC2)nc2c(N3CCOCC3)nc(-c3cnc(N)nc3)nc21. The Kier molecular flexibility index (Phi) is 6.19. The fourth-order valence-electron chi connectivity index (χ4n) is 4.44. The lowest BCUT2D eigenvalue weighted by molar-refractivity contribution is 0.122. The molecular formula is C21H30N10O3S. The molecule has 35 heavy (non-hydrogen) atoms. The van der Waals surface area contributed by atoms with Gasteiger partial charge in [-0.15, -0.1) is 0 Å². The van der Waals surface area contributed by atoms with Gasteiger partial charge in [-0.2, -0.15) is 4.31 Å². The number of ether oxygens (including phenoxy) is 1. The third kappa shape index (κ3) is 4.60. The highest BCUT2D eigenvalue weighted by Gasteiger charge is 2.30. The van der Waals surface area contributed by atoms with E-state index >= 15 is 0 Å². The van der Waals surface area contributed by atoms with Gasteiger partial charge in [0.2, 0.25) is 21.9 Å². The molecule has 2 N–H and O–H groups in total. The summed E-state index contributed by atoms with van der Waals surface area (Å²) in [6, 6.07) is 0.0610. The van der Waals surface area contributed by atoms with Crippen LogP contribution in [0.25, 0.3) is 22.6 Å². The molecule has 0 aliphatic carbocycles. The predicted octanol–water partition coefficient (Wildman–Crippen LogP) is 0.365. The van der Waals surface area contributed by atoms with E-state index in [9.17, 15) is 8.42 Å². The molecule has 5 rings (SSSR count). The minimum atomic E-state index is -3.23. The normalized spacial score (nSPS) is 18.1. The number of hydrogen-bond donors (Lipinski definition) is 1. The molecule has 2 fully saturated rings. The van der Waals surface area contributed by atoms with Crippen molar-refractivity contribution in [3.63, 3.8) is 0 Å². The molecule has 0 aromatic carbocycles. The number of nitrogens with zero attached hydrogens (tertiary/aromatic N) is 9. The van der Waals surface area contributed by atoms with Crippen LogP contribution < -0.4 is 15.5 Å². The van der Waals surface area contributed by atoms with Crippen molar-refractivity contribution >= 4 is 38.9 Å². The van der Waals surface area contributed by atoms with E-state index in [0.29, 0.717) is 75.0 Å². The number of imidazole rings is 1. The Morgan fingerprint density at radius 3 is 2.20 bits per heavy atom. The number of piperazine rings is 1. The van der Waals surface area contributed by atoms with Crippen LogP contribution in [0, 0.1) is 0 Å². The number of nitrogens with two attached hydrogens (primary N) is 1. The van der Waals surface area contributed by atoms with Crippen LogP contribution in [0.2, 0.25) is 0 Å². The van der Waals surface area contributed by atoms with Crippen molar-refractivity contribution in [2.24, 2.45) is 0 Å². The summed E-state index contributed by atoms with van der Waals surface area (Å²) in [6.45, 7) is 8.69. The third-order valence-corrected chi connectivity index (χ3v) is 7.55. The Morgan fingerprint density at radius 2 is 1.60 bits per heavy atom. The summed E-state index contributed by atoms with van der Waals surface area (Å²) >= 11 is 0. The second-order valence-corrected chi connectivity index (χ2v) is 11.0. The number of aromatic nitrogens is 6. The number of hydrogen-bond acceptors (Lipinski definition) is 11. The lowest BCUT2D eigenvalue weighted by Gasteiger charge is -2.34. The highest BCUT2D eigenvalue weighted by Crippen LogP contribution is 2.33. The van der Waals surface area contributed by atoms with Crippen molar-refractivity contribution < 1.29 is 13.2 Å². The monoisotopic (exact) mass is 502 g/mol. The van der Waals surface area contributed by atoms with Gasteiger partial charge in [-0.3, -0.25) is 4.57 Å². The smallest absolute Gasteiger partial charge is 0.219 e. The Labute approximate surface area is 204 Å². The molecule has 2 aliphatic rings. The molecule has 0 radical (unpaired) electrons. The zero-order valence-electron chi connectivity index (χ0n) is 20.1. The topological polar surface area (TPSA) is 148 Å². The maximum atomic E-state index is 12.0. The Bertz CT molecular complexity index is 1310. The van der Waals surface area contributed by atoms with Gasteiger partial charge in [0.05, 0.1) is 25.0 Å². The second-order valence-electron chi connectivity index (χ2n) is 9.00. The lowest BCUT2D eigenvalue weighted by Crippen LogP contribution is -2.49. The molecule has 188 valence electrons. The zero-order valence-corrected chi connectivity index (χ0v) is 20.9. The maximum Gasteiger partial charge on any atom is 0.219 e. The van der Waals surface area contributed by atoms with Crippen molar-refractivity contribution in [1.82, 2.24) is 33.8 Å². The van der Waals surface area contributed by atoms with Crippen molar-refractivity contribution in [2.75, 3.05) is 74.3 Å². The quantitative estimate of drug-likeness (QED) is 0.515. The second kappa shape index (κ2) is 9.17.